The molecule has 1 saturated heterocycles. The van der Waals surface area contributed by atoms with Gasteiger partial charge in [-0.05, 0) is 19.8 Å². The second-order valence-corrected chi connectivity index (χ2v) is 12.1. The molecule has 2 unspecified atom stereocenters. The molecule has 0 bridgehead atoms. The number of carbonyl (C=O) groups is 3. The minimum Gasteiger partial charge on any atom is -0.449 e. The van der Waals surface area contributed by atoms with Crippen LogP contribution in [0.2, 0.25) is 0 Å². The topological polar surface area (TPSA) is 101 Å². The number of thiazole rings is 1. The van der Waals surface area contributed by atoms with Crippen molar-refractivity contribution in [3.05, 3.63) is 16.6 Å². The highest BCUT2D eigenvalue weighted by Crippen LogP contribution is 2.16. The zero-order chi connectivity index (χ0) is 29.7. The van der Waals surface area contributed by atoms with E-state index >= 15 is 0 Å². The maximum atomic E-state index is 12.6. The smallest absolute Gasteiger partial charge is 0.407 e. The van der Waals surface area contributed by atoms with E-state index in [1.807, 2.05) is 12.3 Å². The Morgan fingerprint density at radius 2 is 1.61 bits per heavy atom. The summed E-state index contributed by atoms with van der Waals surface area (Å²) in [5.74, 6) is -0.199. The molecule has 0 aromatic carbocycles. The van der Waals surface area contributed by atoms with Crippen molar-refractivity contribution in [2.24, 2.45) is 0 Å². The van der Waals surface area contributed by atoms with Crippen molar-refractivity contribution in [3.63, 3.8) is 0 Å². The monoisotopic (exact) mass is 594 g/mol. The maximum Gasteiger partial charge on any atom is 0.407 e. The molecule has 4 amide bonds. The molecule has 1 N–H and O–H groups in total. The number of urea groups is 1. The van der Waals surface area contributed by atoms with E-state index in [2.05, 4.69) is 17.2 Å². The van der Waals surface area contributed by atoms with Gasteiger partial charge in [0.2, 0.25) is 5.91 Å². The van der Waals surface area contributed by atoms with E-state index in [4.69, 9.17) is 9.47 Å². The van der Waals surface area contributed by atoms with Crippen LogP contribution in [0.4, 0.5) is 9.59 Å². The van der Waals surface area contributed by atoms with Crippen LogP contribution in [0.3, 0.4) is 0 Å². The Balaban J connectivity index is 1.53. The molecule has 2 rings (SSSR count). The first-order valence-electron chi connectivity index (χ1n) is 15.9. The van der Waals surface area contributed by atoms with E-state index in [1.165, 1.54) is 91.8 Å². The van der Waals surface area contributed by atoms with Gasteiger partial charge in [0, 0.05) is 38.2 Å². The number of nitrogens with one attached hydrogen (secondary N) is 1. The van der Waals surface area contributed by atoms with Gasteiger partial charge in [0.05, 0.1) is 23.8 Å². The third kappa shape index (κ3) is 14.5. The summed E-state index contributed by atoms with van der Waals surface area (Å²) in [4.78, 5) is 44.3. The number of imide groups is 1. The molecule has 1 aliphatic rings. The summed E-state index contributed by atoms with van der Waals surface area (Å²) in [5, 5.41) is 5.74. The van der Waals surface area contributed by atoms with Crippen LogP contribution in [0.25, 0.3) is 0 Å². The molecule has 0 spiro atoms. The molecule has 0 saturated carbocycles. The van der Waals surface area contributed by atoms with Crippen molar-refractivity contribution in [3.8, 4) is 0 Å². The number of unbranched alkanes of at least 4 members (excludes halogenated alkanes) is 12. The predicted molar refractivity (Wildman–Crippen MR) is 164 cm³/mol. The van der Waals surface area contributed by atoms with E-state index in [1.54, 1.807) is 13.3 Å². The third-order valence-electron chi connectivity index (χ3n) is 7.83. The summed E-state index contributed by atoms with van der Waals surface area (Å²) in [7, 11) is 1.66. The van der Waals surface area contributed by atoms with Gasteiger partial charge in [-0.2, -0.15) is 0 Å². The van der Waals surface area contributed by atoms with E-state index in [-0.39, 0.29) is 37.2 Å². The van der Waals surface area contributed by atoms with Gasteiger partial charge >= 0.3 is 12.1 Å². The summed E-state index contributed by atoms with van der Waals surface area (Å²) in [6, 6.07) is -0.396. The number of rotatable bonds is 24. The van der Waals surface area contributed by atoms with Gasteiger partial charge in [0.1, 0.15) is 6.54 Å². The van der Waals surface area contributed by atoms with E-state index in [0.29, 0.717) is 25.9 Å². The molecule has 0 radical (unpaired) electrons. The molecule has 1 aromatic heterocycles. The molecular weight excluding hydrogens is 540 g/mol. The van der Waals surface area contributed by atoms with Crippen LogP contribution in [-0.4, -0.2) is 78.3 Å². The third-order valence-corrected chi connectivity index (χ3v) is 8.67. The summed E-state index contributed by atoms with van der Waals surface area (Å²) in [6.45, 7) is 5.16. The highest BCUT2D eigenvalue weighted by Gasteiger charge is 2.35. The number of hydrogen-bond acceptors (Lipinski definition) is 7. The molecule has 1 fully saturated rings. The highest BCUT2D eigenvalue weighted by molar-refractivity contribution is 7.09. The van der Waals surface area contributed by atoms with Gasteiger partial charge in [-0.3, -0.25) is 9.69 Å². The van der Waals surface area contributed by atoms with Gasteiger partial charge < -0.3 is 19.7 Å². The van der Waals surface area contributed by atoms with E-state index in [9.17, 15) is 14.4 Å². The number of aromatic nitrogens is 1. The molecule has 2 atom stereocenters. The van der Waals surface area contributed by atoms with Crippen molar-refractivity contribution in [1.29, 1.82) is 0 Å². The molecular formula is C31H54N4O5S. The van der Waals surface area contributed by atoms with Crippen molar-refractivity contribution < 1.29 is 23.9 Å². The minimum absolute atomic E-state index is 0.0649. The number of carbonyl (C=O) groups excluding carboxylic acids is 3. The first-order chi connectivity index (χ1) is 20.0. The Labute approximate surface area is 251 Å². The number of methoxy groups -OCH3 is 1. The van der Waals surface area contributed by atoms with Gasteiger partial charge in [0.25, 0.3) is 0 Å². The Morgan fingerprint density at radius 1 is 0.976 bits per heavy atom. The number of ether oxygens (including phenoxy) is 2. The first kappa shape index (κ1) is 35.0. The van der Waals surface area contributed by atoms with Gasteiger partial charge in [-0.15, -0.1) is 11.3 Å². The number of amides is 4. The maximum absolute atomic E-state index is 12.6. The van der Waals surface area contributed by atoms with Crippen molar-refractivity contribution in [2.45, 2.75) is 129 Å². The Kier molecular flexibility index (Phi) is 18.3. The number of alkyl carbamates (subject to hydrolysis) is 1. The predicted octanol–water partition coefficient (Wildman–Crippen LogP) is 6.95. The molecule has 41 heavy (non-hydrogen) atoms. The Hall–Kier alpha value is -2.20. The fourth-order valence-corrected chi connectivity index (χ4v) is 5.77. The molecule has 234 valence electrons. The number of hydrogen-bond donors (Lipinski definition) is 1. The molecule has 2 heterocycles. The summed E-state index contributed by atoms with van der Waals surface area (Å²) < 4.78 is 10.9. The average molecular weight is 595 g/mol. The van der Waals surface area contributed by atoms with Crippen LogP contribution in [-0.2, 0) is 20.7 Å². The molecule has 0 aliphatic carbocycles. The summed E-state index contributed by atoms with van der Waals surface area (Å²) in [6.07, 6.45) is 20.0. The normalized spacial score (nSPS) is 15.0. The van der Waals surface area contributed by atoms with Crippen LogP contribution in [0, 0.1) is 0 Å². The van der Waals surface area contributed by atoms with E-state index < -0.39 is 6.09 Å². The van der Waals surface area contributed by atoms with Crippen molar-refractivity contribution in [1.82, 2.24) is 20.1 Å². The molecule has 10 heteroatoms. The minimum atomic E-state index is -0.470. The van der Waals surface area contributed by atoms with Crippen LogP contribution >= 0.6 is 11.3 Å². The lowest BCUT2D eigenvalue weighted by molar-refractivity contribution is -0.125. The average Bonchev–Trinajstić information content (AvgIpc) is 3.58. The van der Waals surface area contributed by atoms with Crippen molar-refractivity contribution >= 4 is 29.4 Å². The first-order valence-corrected chi connectivity index (χ1v) is 16.8. The Bertz CT molecular complexity index is 854. The summed E-state index contributed by atoms with van der Waals surface area (Å²) >= 11 is 1.51. The van der Waals surface area contributed by atoms with E-state index in [0.717, 1.165) is 24.3 Å². The van der Waals surface area contributed by atoms with Crippen molar-refractivity contribution in [2.75, 3.05) is 33.4 Å². The second kappa shape index (κ2) is 21.5. The van der Waals surface area contributed by atoms with Gasteiger partial charge in [0.15, 0.2) is 0 Å². The molecule has 9 nitrogen and oxygen atoms in total. The van der Waals surface area contributed by atoms with Crippen LogP contribution in [0.5, 0.6) is 0 Å². The molecule has 1 aromatic rings. The fraction of sp³-hybridized carbons (Fsp3) is 0.806. The lowest BCUT2D eigenvalue weighted by Crippen LogP contribution is -2.43. The SMILES string of the molecule is CCCCCCCCCCCCCCCC(NC(=O)OCCCN1CC(=O)N(CCc2nccs2)C1=O)C(C)OC. The fourth-order valence-electron chi connectivity index (χ4n) is 5.16. The zero-order valence-corrected chi connectivity index (χ0v) is 26.6. The standard InChI is InChI=1S/C31H54N4O5S/c1-4-5-6-7-8-9-10-11-12-13-14-15-16-18-27(26(2)39-3)33-30(37)40-23-17-21-34-25-29(36)35(31(34)38)22-19-28-32-20-24-41-28/h20,24,26-27H,4-19,21-23,25H2,1-3H3,(H,33,37). The van der Waals surface area contributed by atoms with Crippen LogP contribution in [0.15, 0.2) is 11.6 Å². The lowest BCUT2D eigenvalue weighted by Gasteiger charge is -2.24. The Morgan fingerprint density at radius 3 is 2.20 bits per heavy atom. The highest BCUT2D eigenvalue weighted by atomic mass is 32.1. The largest absolute Gasteiger partial charge is 0.449 e. The number of nitrogens with zero attached hydrogens (tertiary/aromatic N) is 3. The van der Waals surface area contributed by atoms with Gasteiger partial charge in [-0.1, -0.05) is 90.4 Å². The van der Waals surface area contributed by atoms with Crippen LogP contribution < -0.4 is 5.32 Å². The summed E-state index contributed by atoms with van der Waals surface area (Å²) in [5.41, 5.74) is 0. The van der Waals surface area contributed by atoms with Gasteiger partial charge in [-0.25, -0.2) is 14.6 Å². The lowest BCUT2D eigenvalue weighted by atomic mass is 10.0. The molecule has 1 aliphatic heterocycles. The van der Waals surface area contributed by atoms with Crippen LogP contribution in [0.1, 0.15) is 115 Å². The second-order valence-electron chi connectivity index (χ2n) is 11.1. The quantitative estimate of drug-likeness (QED) is 0.103. The zero-order valence-electron chi connectivity index (χ0n) is 25.7.